The molecule has 1 atom stereocenters. The van der Waals surface area contributed by atoms with Crippen molar-refractivity contribution in [2.45, 2.75) is 46.1 Å². The van der Waals surface area contributed by atoms with Crippen LogP contribution < -0.4 is 5.32 Å². The Hall–Kier alpha value is -2.44. The topological polar surface area (TPSA) is 86.8 Å². The number of nitrogens with zero attached hydrogens (tertiary/aromatic N) is 4. The van der Waals surface area contributed by atoms with Crippen LogP contribution in [0.25, 0.3) is 11.4 Å². The Kier molecular flexibility index (Phi) is 4.51. The second kappa shape index (κ2) is 6.59. The van der Waals surface area contributed by atoms with Crippen LogP contribution in [0.4, 0.5) is 10.5 Å². The minimum atomic E-state index is -0.0352. The number of likely N-dealkylation sites (tertiary alicyclic amines) is 1. The van der Waals surface area contributed by atoms with E-state index in [0.29, 0.717) is 11.9 Å². The predicted molar refractivity (Wildman–Crippen MR) is 92.4 cm³/mol. The zero-order chi connectivity index (χ0) is 17.2. The van der Waals surface area contributed by atoms with Crippen molar-refractivity contribution in [2.75, 3.05) is 11.9 Å². The molecule has 1 aromatic carbocycles. The summed E-state index contributed by atoms with van der Waals surface area (Å²) in [6.45, 7) is 7.47. The van der Waals surface area contributed by atoms with Crippen molar-refractivity contribution < 1.29 is 4.79 Å². The first-order chi connectivity index (χ1) is 11.4. The normalized spacial score (nSPS) is 18.0. The van der Waals surface area contributed by atoms with Crippen LogP contribution in [0.1, 0.15) is 40.0 Å². The van der Waals surface area contributed by atoms with Gasteiger partial charge >= 0.3 is 6.03 Å². The van der Waals surface area contributed by atoms with Gasteiger partial charge in [-0.25, -0.2) is 4.79 Å². The average Bonchev–Trinajstić information content (AvgIpc) is 3.17. The number of anilines is 1. The van der Waals surface area contributed by atoms with E-state index in [4.69, 9.17) is 0 Å². The third-order valence-electron chi connectivity index (χ3n) is 4.20. The largest absolute Gasteiger partial charge is 0.322 e. The van der Waals surface area contributed by atoms with Gasteiger partial charge in [-0.1, -0.05) is 32.9 Å². The van der Waals surface area contributed by atoms with Gasteiger partial charge in [0.1, 0.15) is 0 Å². The van der Waals surface area contributed by atoms with Crippen LogP contribution in [0.2, 0.25) is 0 Å². The molecule has 0 saturated carbocycles. The molecule has 0 radical (unpaired) electrons. The molecule has 0 spiro atoms. The van der Waals surface area contributed by atoms with E-state index in [9.17, 15) is 4.79 Å². The van der Waals surface area contributed by atoms with E-state index in [0.717, 1.165) is 37.1 Å². The van der Waals surface area contributed by atoms with Crippen molar-refractivity contribution in [3.63, 3.8) is 0 Å². The Bertz CT molecular complexity index is 691. The Morgan fingerprint density at radius 1 is 1.42 bits per heavy atom. The molecule has 1 aromatic heterocycles. The maximum Gasteiger partial charge on any atom is 0.322 e. The Morgan fingerprint density at radius 3 is 2.96 bits per heavy atom. The molecule has 1 unspecified atom stereocenters. The Labute approximate surface area is 141 Å². The lowest BCUT2D eigenvalue weighted by molar-refractivity contribution is 0.187. The van der Waals surface area contributed by atoms with Gasteiger partial charge in [0.05, 0.1) is 0 Å². The number of H-pyrrole nitrogens is 1. The van der Waals surface area contributed by atoms with Gasteiger partial charge < -0.3 is 10.2 Å². The van der Waals surface area contributed by atoms with Gasteiger partial charge in [0.15, 0.2) is 0 Å². The molecule has 2 amide bonds. The fourth-order valence-corrected chi connectivity index (χ4v) is 3.24. The van der Waals surface area contributed by atoms with Crippen LogP contribution in [0.3, 0.4) is 0 Å². The summed E-state index contributed by atoms with van der Waals surface area (Å²) >= 11 is 0. The van der Waals surface area contributed by atoms with Crippen molar-refractivity contribution in [2.24, 2.45) is 5.41 Å². The molecule has 0 aliphatic carbocycles. The molecule has 2 heterocycles. The van der Waals surface area contributed by atoms with E-state index in [-0.39, 0.29) is 11.4 Å². The van der Waals surface area contributed by atoms with Crippen molar-refractivity contribution in [3.05, 3.63) is 24.3 Å². The maximum absolute atomic E-state index is 12.7. The number of hydrogen-bond donors (Lipinski definition) is 2. The second-order valence-corrected chi connectivity index (χ2v) is 7.50. The number of tetrazole rings is 1. The summed E-state index contributed by atoms with van der Waals surface area (Å²) in [7, 11) is 0. The van der Waals surface area contributed by atoms with Crippen LogP contribution in [0, 0.1) is 5.41 Å². The molecule has 1 saturated heterocycles. The predicted octanol–water partition coefficient (Wildman–Crippen LogP) is 3.30. The number of carbonyl (C=O) groups is 1. The number of nitrogens with one attached hydrogen (secondary N) is 2. The molecule has 2 aromatic rings. The zero-order valence-electron chi connectivity index (χ0n) is 14.4. The van der Waals surface area contributed by atoms with Crippen molar-refractivity contribution in [1.82, 2.24) is 25.5 Å². The van der Waals surface area contributed by atoms with Crippen LogP contribution in [-0.2, 0) is 0 Å². The summed E-state index contributed by atoms with van der Waals surface area (Å²) in [5, 5.41) is 16.9. The highest BCUT2D eigenvalue weighted by atomic mass is 16.2. The molecular weight excluding hydrogens is 304 g/mol. The first-order valence-electron chi connectivity index (χ1n) is 8.34. The average molecular weight is 328 g/mol. The van der Waals surface area contributed by atoms with Crippen LogP contribution >= 0.6 is 0 Å². The lowest BCUT2D eigenvalue weighted by atomic mass is 9.87. The van der Waals surface area contributed by atoms with Gasteiger partial charge in [-0.3, -0.25) is 0 Å². The molecule has 0 bridgehead atoms. The number of urea groups is 1. The summed E-state index contributed by atoms with van der Waals surface area (Å²) < 4.78 is 0. The molecule has 1 aliphatic rings. The maximum atomic E-state index is 12.7. The summed E-state index contributed by atoms with van der Waals surface area (Å²) in [6.07, 6.45) is 3.16. The van der Waals surface area contributed by atoms with Gasteiger partial charge in [0, 0.05) is 23.8 Å². The summed E-state index contributed by atoms with van der Waals surface area (Å²) in [4.78, 5) is 14.6. The third-order valence-corrected chi connectivity index (χ3v) is 4.20. The fourth-order valence-electron chi connectivity index (χ4n) is 3.24. The third kappa shape index (κ3) is 3.90. The number of benzene rings is 1. The molecular formula is C17H24N6O. The molecule has 1 aliphatic heterocycles. The smallest absolute Gasteiger partial charge is 0.322 e. The Balaban J connectivity index is 1.69. The standard InChI is InChI=1S/C17H24N6O/c1-17(2,3)11-14-8-5-9-23(14)16(24)18-13-7-4-6-12(10-13)15-19-21-22-20-15/h4,6-7,10,14H,5,8-9,11H2,1-3H3,(H,18,24)(H,19,20,21,22). The lowest BCUT2D eigenvalue weighted by Gasteiger charge is -2.30. The highest BCUT2D eigenvalue weighted by Crippen LogP contribution is 2.30. The van der Waals surface area contributed by atoms with E-state index in [1.807, 2.05) is 29.2 Å². The highest BCUT2D eigenvalue weighted by molar-refractivity contribution is 5.90. The monoisotopic (exact) mass is 328 g/mol. The second-order valence-electron chi connectivity index (χ2n) is 7.50. The highest BCUT2D eigenvalue weighted by Gasteiger charge is 2.31. The number of amides is 2. The quantitative estimate of drug-likeness (QED) is 0.905. The number of hydrogen-bond acceptors (Lipinski definition) is 4. The number of carbonyl (C=O) groups excluding carboxylic acids is 1. The van der Waals surface area contributed by atoms with Gasteiger partial charge in [0.25, 0.3) is 0 Å². The molecule has 128 valence electrons. The zero-order valence-corrected chi connectivity index (χ0v) is 14.4. The first kappa shape index (κ1) is 16.4. The molecule has 2 N–H and O–H groups in total. The number of aromatic nitrogens is 4. The SMILES string of the molecule is CC(C)(C)CC1CCCN1C(=O)Nc1cccc(-c2nn[nH]n2)c1. The van der Waals surface area contributed by atoms with E-state index in [1.54, 1.807) is 0 Å². The van der Waals surface area contributed by atoms with E-state index < -0.39 is 0 Å². The number of rotatable bonds is 3. The van der Waals surface area contributed by atoms with Gasteiger partial charge in [-0.2, -0.15) is 5.21 Å². The molecule has 7 heteroatoms. The van der Waals surface area contributed by atoms with E-state index in [2.05, 4.69) is 46.7 Å². The summed E-state index contributed by atoms with van der Waals surface area (Å²) in [5.41, 5.74) is 1.77. The van der Waals surface area contributed by atoms with E-state index in [1.165, 1.54) is 0 Å². The summed E-state index contributed by atoms with van der Waals surface area (Å²) in [6, 6.07) is 7.77. The Morgan fingerprint density at radius 2 is 2.25 bits per heavy atom. The minimum Gasteiger partial charge on any atom is -0.322 e. The van der Waals surface area contributed by atoms with Crippen molar-refractivity contribution >= 4 is 11.7 Å². The van der Waals surface area contributed by atoms with Crippen LogP contribution in [0.15, 0.2) is 24.3 Å². The molecule has 24 heavy (non-hydrogen) atoms. The molecule has 7 nitrogen and oxygen atoms in total. The van der Waals surface area contributed by atoms with Gasteiger partial charge in [-0.05, 0) is 42.0 Å². The first-order valence-corrected chi connectivity index (χ1v) is 8.34. The fraction of sp³-hybridized carbons (Fsp3) is 0.529. The van der Waals surface area contributed by atoms with Crippen molar-refractivity contribution in [3.8, 4) is 11.4 Å². The minimum absolute atomic E-state index is 0.0352. The molecule has 3 rings (SSSR count). The van der Waals surface area contributed by atoms with Crippen molar-refractivity contribution in [1.29, 1.82) is 0 Å². The van der Waals surface area contributed by atoms with Crippen LogP contribution in [-0.4, -0.2) is 44.1 Å². The lowest BCUT2D eigenvalue weighted by Crippen LogP contribution is -2.40. The number of aromatic amines is 1. The van der Waals surface area contributed by atoms with Gasteiger partial charge in [-0.15, -0.1) is 10.2 Å². The van der Waals surface area contributed by atoms with Gasteiger partial charge in [0.2, 0.25) is 5.82 Å². The summed E-state index contributed by atoms with van der Waals surface area (Å²) in [5.74, 6) is 0.512. The van der Waals surface area contributed by atoms with E-state index >= 15 is 0 Å². The van der Waals surface area contributed by atoms with Crippen LogP contribution in [0.5, 0.6) is 0 Å². The molecule has 1 fully saturated rings.